The number of carboxylic acid groups (broad SMARTS) is 1. The molecule has 2 nitrogen and oxygen atoms in total. The summed E-state index contributed by atoms with van der Waals surface area (Å²) in [6.07, 6.45) is 0. The van der Waals surface area contributed by atoms with Gasteiger partial charge in [-0.25, -0.2) is 0 Å². The molecule has 0 fully saturated rings. The van der Waals surface area contributed by atoms with Gasteiger partial charge in [0, 0.05) is 7.92 Å². The van der Waals surface area contributed by atoms with E-state index in [4.69, 9.17) is 0 Å². The molecule has 0 N–H and O–H groups in total. The summed E-state index contributed by atoms with van der Waals surface area (Å²) in [7, 11) is -1.40. The number of carbonyl (C=O) groups excluding carboxylic acids is 1. The minimum atomic E-state index is -1.40. The van der Waals surface area contributed by atoms with Crippen molar-refractivity contribution < 1.29 is 61.3 Å². The second kappa shape index (κ2) is 7.42. The van der Waals surface area contributed by atoms with Crippen LogP contribution in [0, 0.1) is 0 Å². The molecule has 2 aromatic rings. The number of benzene rings is 2. The van der Waals surface area contributed by atoms with Crippen molar-refractivity contribution in [2.75, 3.05) is 0 Å². The largest absolute Gasteiger partial charge is 1.00 e. The van der Waals surface area contributed by atoms with Crippen molar-refractivity contribution in [3.8, 4) is 0 Å². The van der Waals surface area contributed by atoms with E-state index >= 15 is 0 Å². The van der Waals surface area contributed by atoms with Crippen LogP contribution >= 0.6 is 7.92 Å². The maximum absolute atomic E-state index is 11.2. The van der Waals surface area contributed by atoms with Crippen LogP contribution in [0.2, 0.25) is 0 Å². The Hall–Kier alpha value is -0.0236. The van der Waals surface area contributed by atoms with E-state index in [0.717, 1.165) is 10.6 Å². The Morgan fingerprint density at radius 2 is 1.18 bits per heavy atom. The quantitative estimate of drug-likeness (QED) is 0.500. The molecule has 0 heterocycles. The summed E-state index contributed by atoms with van der Waals surface area (Å²) in [5, 5.41) is 12.8. The molecule has 0 saturated heterocycles. The van der Waals surface area contributed by atoms with Gasteiger partial charge >= 0.3 is 51.4 Å². The van der Waals surface area contributed by atoms with E-state index in [1.165, 1.54) is 0 Å². The van der Waals surface area contributed by atoms with Gasteiger partial charge in [-0.1, -0.05) is 60.7 Å². The predicted octanol–water partition coefficient (Wildman–Crippen LogP) is -1.53. The van der Waals surface area contributed by atoms with Gasteiger partial charge in [-0.05, 0) is 10.6 Å². The Labute approximate surface area is 144 Å². The summed E-state index contributed by atoms with van der Waals surface area (Å²) >= 11 is 0. The molecule has 4 heteroatoms. The van der Waals surface area contributed by atoms with E-state index in [0.29, 0.717) is 0 Å². The van der Waals surface area contributed by atoms with Gasteiger partial charge in [0.05, 0.1) is 5.71 Å². The average molecular weight is 268 g/mol. The normalized spacial score (nSPS) is 9.71. The van der Waals surface area contributed by atoms with E-state index in [9.17, 15) is 9.90 Å². The Morgan fingerprint density at radius 1 is 0.824 bits per heavy atom. The van der Waals surface area contributed by atoms with E-state index in [1.54, 1.807) is 0 Å². The first-order valence-electron chi connectivity index (χ1n) is 4.90. The molecule has 0 amide bonds. The van der Waals surface area contributed by atoms with Crippen molar-refractivity contribution in [2.24, 2.45) is 0 Å². The van der Waals surface area contributed by atoms with Crippen LogP contribution in [0.3, 0.4) is 0 Å². The Kier molecular flexibility index (Phi) is 6.56. The van der Waals surface area contributed by atoms with Gasteiger partial charge in [-0.3, -0.25) is 0 Å². The zero-order valence-corrected chi connectivity index (χ0v) is 13.6. The fourth-order valence-electron chi connectivity index (χ4n) is 1.51. The van der Waals surface area contributed by atoms with Crippen molar-refractivity contribution in [1.82, 2.24) is 0 Å². The number of carbonyl (C=O) groups is 1. The van der Waals surface area contributed by atoms with Crippen molar-refractivity contribution in [3.05, 3.63) is 60.7 Å². The third kappa shape index (κ3) is 3.99. The standard InChI is InChI=1S/C13H11O2P.K/c14-13(15)16(11-7-3-1-4-8-11)12-9-5-2-6-10-12;/h1-10H,(H,14,15);/q;+1/p-1. The van der Waals surface area contributed by atoms with Crippen LogP contribution in [-0.2, 0) is 0 Å². The molecule has 80 valence electrons. The van der Waals surface area contributed by atoms with E-state index < -0.39 is 13.6 Å². The molecule has 0 spiro atoms. The molecule has 0 radical (unpaired) electrons. The summed E-state index contributed by atoms with van der Waals surface area (Å²) in [6, 6.07) is 18.4. The zero-order chi connectivity index (χ0) is 11.4. The van der Waals surface area contributed by atoms with Crippen molar-refractivity contribution in [1.29, 1.82) is 0 Å². The first kappa shape index (κ1) is 15.0. The summed E-state index contributed by atoms with van der Waals surface area (Å²) in [6.45, 7) is 0. The molecule has 0 bridgehead atoms. The second-order valence-electron chi connectivity index (χ2n) is 3.27. The van der Waals surface area contributed by atoms with Gasteiger partial charge in [0.15, 0.2) is 0 Å². The molecule has 17 heavy (non-hydrogen) atoms. The van der Waals surface area contributed by atoms with Gasteiger partial charge in [0.25, 0.3) is 0 Å². The van der Waals surface area contributed by atoms with Gasteiger partial charge in [0.2, 0.25) is 0 Å². The monoisotopic (exact) mass is 268 g/mol. The van der Waals surface area contributed by atoms with Crippen LogP contribution in [0.15, 0.2) is 60.7 Å². The number of rotatable bonds is 3. The number of hydrogen-bond donors (Lipinski definition) is 0. The van der Waals surface area contributed by atoms with Gasteiger partial charge < -0.3 is 9.90 Å². The zero-order valence-electron chi connectivity index (χ0n) is 9.54. The van der Waals surface area contributed by atoms with Crippen LogP contribution in [0.25, 0.3) is 0 Å². The van der Waals surface area contributed by atoms with Crippen LogP contribution < -0.4 is 67.1 Å². The predicted molar refractivity (Wildman–Crippen MR) is 64.5 cm³/mol. The summed E-state index contributed by atoms with van der Waals surface area (Å²) in [4.78, 5) is 11.2. The topological polar surface area (TPSA) is 40.1 Å². The van der Waals surface area contributed by atoms with Gasteiger partial charge in [-0.15, -0.1) is 0 Å². The molecule has 0 aromatic heterocycles. The Balaban J connectivity index is 0.00000144. The molecular formula is C13H10KO2P. The van der Waals surface area contributed by atoms with Crippen molar-refractivity contribution in [3.63, 3.8) is 0 Å². The van der Waals surface area contributed by atoms with E-state index in [2.05, 4.69) is 0 Å². The van der Waals surface area contributed by atoms with E-state index in [1.807, 2.05) is 60.7 Å². The SMILES string of the molecule is O=C([O-])P(c1ccccc1)c1ccccc1.[K+]. The fourth-order valence-corrected chi connectivity index (χ4v) is 3.17. The molecule has 2 rings (SSSR count). The van der Waals surface area contributed by atoms with Crippen LogP contribution in [0.1, 0.15) is 0 Å². The molecule has 0 aliphatic heterocycles. The van der Waals surface area contributed by atoms with Gasteiger partial charge in [0.1, 0.15) is 0 Å². The molecule has 0 atom stereocenters. The maximum Gasteiger partial charge on any atom is 1.00 e. The number of hydrogen-bond acceptors (Lipinski definition) is 2. The molecule has 0 aliphatic rings. The minimum absolute atomic E-state index is 0. The molecule has 0 aliphatic carbocycles. The smallest absolute Gasteiger partial charge is 0.544 e. The first-order chi connectivity index (χ1) is 7.79. The third-order valence-electron chi connectivity index (χ3n) is 2.21. The Morgan fingerprint density at radius 3 is 1.47 bits per heavy atom. The molecule has 2 aromatic carbocycles. The molecule has 0 unspecified atom stereocenters. The average Bonchev–Trinajstić information content (AvgIpc) is 2.31. The summed E-state index contributed by atoms with van der Waals surface area (Å²) in [5.41, 5.74) is -1.01. The fraction of sp³-hybridized carbons (Fsp3) is 0. The summed E-state index contributed by atoms with van der Waals surface area (Å²) < 4.78 is 0. The van der Waals surface area contributed by atoms with Crippen molar-refractivity contribution in [2.45, 2.75) is 0 Å². The van der Waals surface area contributed by atoms with E-state index in [-0.39, 0.29) is 51.4 Å². The third-order valence-corrected chi connectivity index (χ3v) is 4.21. The molecule has 0 saturated carbocycles. The molecular weight excluding hydrogens is 258 g/mol. The maximum atomic E-state index is 11.2. The summed E-state index contributed by atoms with van der Waals surface area (Å²) in [5.74, 6) is 0. The first-order valence-corrected chi connectivity index (χ1v) is 6.24. The van der Waals surface area contributed by atoms with Crippen LogP contribution in [0.5, 0.6) is 0 Å². The Bertz CT molecular complexity index is 434. The minimum Gasteiger partial charge on any atom is -0.544 e. The van der Waals surface area contributed by atoms with Crippen LogP contribution in [-0.4, -0.2) is 5.71 Å². The second-order valence-corrected chi connectivity index (χ2v) is 5.34. The van der Waals surface area contributed by atoms with Gasteiger partial charge in [-0.2, -0.15) is 0 Å². The van der Waals surface area contributed by atoms with Crippen LogP contribution in [0.4, 0.5) is 4.79 Å². The van der Waals surface area contributed by atoms with Crippen molar-refractivity contribution >= 4 is 24.2 Å².